The molecular weight excluding hydrogens is 229 g/mol. The summed E-state index contributed by atoms with van der Waals surface area (Å²) in [6.07, 6.45) is 5.96. The van der Waals surface area contributed by atoms with E-state index < -0.39 is 0 Å². The van der Waals surface area contributed by atoms with Crippen LogP contribution in [0.25, 0.3) is 0 Å². The summed E-state index contributed by atoms with van der Waals surface area (Å²) in [7, 11) is 0. The molecule has 0 aliphatic rings. The van der Waals surface area contributed by atoms with Crippen LogP contribution >= 0.6 is 23.2 Å². The molecule has 15 heavy (non-hydrogen) atoms. The number of rotatable bonds is 4. The third-order valence-electron chi connectivity index (χ3n) is 2.01. The lowest BCUT2D eigenvalue weighted by molar-refractivity contribution is 0.756. The lowest BCUT2D eigenvalue weighted by Crippen LogP contribution is -2.12. The normalized spacial score (nSPS) is 13.3. The molecule has 1 aromatic rings. The minimum absolute atomic E-state index is 0.218. The number of hydrogen-bond donors (Lipinski definition) is 1. The fourth-order valence-electron chi connectivity index (χ4n) is 1.20. The highest BCUT2D eigenvalue weighted by molar-refractivity contribution is 6.42. The van der Waals surface area contributed by atoms with Crippen molar-refractivity contribution in [3.63, 3.8) is 0 Å². The first-order valence-electron chi connectivity index (χ1n) is 4.94. The minimum Gasteiger partial charge on any atom is -0.328 e. The van der Waals surface area contributed by atoms with Crippen LogP contribution in [0.1, 0.15) is 18.9 Å². The van der Waals surface area contributed by atoms with Gasteiger partial charge in [0.2, 0.25) is 0 Å². The van der Waals surface area contributed by atoms with Crippen LogP contribution in [0.5, 0.6) is 0 Å². The van der Waals surface area contributed by atoms with Gasteiger partial charge in [-0.15, -0.1) is 0 Å². The molecule has 0 spiro atoms. The van der Waals surface area contributed by atoms with Crippen molar-refractivity contribution in [2.75, 3.05) is 0 Å². The zero-order valence-corrected chi connectivity index (χ0v) is 10.2. The molecule has 2 N–H and O–H groups in total. The molecule has 1 nitrogen and oxygen atoms in total. The molecule has 0 bridgehead atoms. The van der Waals surface area contributed by atoms with Crippen LogP contribution in [0.4, 0.5) is 0 Å². The van der Waals surface area contributed by atoms with E-state index in [9.17, 15) is 0 Å². The van der Waals surface area contributed by atoms with Crippen molar-refractivity contribution in [3.05, 3.63) is 46.0 Å². The number of halogens is 2. The Kier molecular flexibility index (Phi) is 5.16. The SMILES string of the molecule is C[C@H](N)C/C=C/Cc1ccc(Cl)c(Cl)c1. The lowest BCUT2D eigenvalue weighted by Gasteiger charge is -2.00. The Hall–Kier alpha value is -0.500. The molecule has 0 aliphatic carbocycles. The predicted octanol–water partition coefficient (Wildman–Crippen LogP) is 3.83. The molecule has 0 aliphatic heterocycles. The first kappa shape index (κ1) is 12.6. The third-order valence-corrected chi connectivity index (χ3v) is 2.75. The zero-order valence-electron chi connectivity index (χ0n) is 8.71. The molecule has 3 heteroatoms. The van der Waals surface area contributed by atoms with Crippen molar-refractivity contribution < 1.29 is 0 Å². The van der Waals surface area contributed by atoms with Crippen molar-refractivity contribution in [1.29, 1.82) is 0 Å². The van der Waals surface area contributed by atoms with E-state index in [0.717, 1.165) is 18.4 Å². The molecule has 0 amide bonds. The highest BCUT2D eigenvalue weighted by Gasteiger charge is 1.97. The maximum atomic E-state index is 5.90. The van der Waals surface area contributed by atoms with E-state index in [0.29, 0.717) is 10.0 Å². The predicted molar refractivity (Wildman–Crippen MR) is 67.6 cm³/mol. The Morgan fingerprint density at radius 2 is 2.00 bits per heavy atom. The number of benzene rings is 1. The zero-order chi connectivity index (χ0) is 11.3. The Bertz CT molecular complexity index is 345. The maximum absolute atomic E-state index is 5.90. The molecule has 1 atom stereocenters. The molecule has 0 radical (unpaired) electrons. The molecule has 0 saturated heterocycles. The highest BCUT2D eigenvalue weighted by Crippen LogP contribution is 2.22. The molecule has 0 heterocycles. The van der Waals surface area contributed by atoms with E-state index >= 15 is 0 Å². The second-order valence-corrected chi connectivity index (χ2v) is 4.45. The first-order valence-corrected chi connectivity index (χ1v) is 5.69. The van der Waals surface area contributed by atoms with E-state index in [1.807, 2.05) is 25.1 Å². The summed E-state index contributed by atoms with van der Waals surface area (Å²) in [6.45, 7) is 1.99. The fraction of sp³-hybridized carbons (Fsp3) is 0.333. The molecule has 0 saturated carbocycles. The molecule has 0 fully saturated rings. The standard InChI is InChI=1S/C12H15Cl2N/c1-9(15)4-2-3-5-10-6-7-11(13)12(14)8-10/h2-3,6-9H,4-5,15H2,1H3/b3-2+/t9-/m0/s1. The van der Waals surface area contributed by atoms with Crippen LogP contribution in [-0.2, 0) is 6.42 Å². The number of allylic oxidation sites excluding steroid dienone is 1. The van der Waals surface area contributed by atoms with Crippen LogP contribution in [-0.4, -0.2) is 6.04 Å². The molecular formula is C12H15Cl2N. The van der Waals surface area contributed by atoms with Crippen molar-refractivity contribution in [2.24, 2.45) is 5.73 Å². The topological polar surface area (TPSA) is 26.0 Å². The van der Waals surface area contributed by atoms with Gasteiger partial charge in [-0.05, 0) is 37.5 Å². The first-order chi connectivity index (χ1) is 7.09. The largest absolute Gasteiger partial charge is 0.328 e. The van der Waals surface area contributed by atoms with E-state index in [4.69, 9.17) is 28.9 Å². The summed E-state index contributed by atoms with van der Waals surface area (Å²) in [5.74, 6) is 0. The highest BCUT2D eigenvalue weighted by atomic mass is 35.5. The summed E-state index contributed by atoms with van der Waals surface area (Å²) in [6, 6.07) is 5.90. The fourth-order valence-corrected chi connectivity index (χ4v) is 1.52. The van der Waals surface area contributed by atoms with Gasteiger partial charge in [0.15, 0.2) is 0 Å². The van der Waals surface area contributed by atoms with Gasteiger partial charge in [-0.2, -0.15) is 0 Å². The lowest BCUT2D eigenvalue weighted by atomic mass is 10.1. The summed E-state index contributed by atoms with van der Waals surface area (Å²) < 4.78 is 0. The van der Waals surface area contributed by atoms with Crippen molar-refractivity contribution >= 4 is 23.2 Å². The van der Waals surface area contributed by atoms with Gasteiger partial charge in [-0.1, -0.05) is 41.4 Å². The van der Waals surface area contributed by atoms with Gasteiger partial charge in [0.25, 0.3) is 0 Å². The molecule has 0 unspecified atom stereocenters. The van der Waals surface area contributed by atoms with Gasteiger partial charge < -0.3 is 5.73 Å². The Balaban J connectivity index is 2.51. The maximum Gasteiger partial charge on any atom is 0.0595 e. The number of hydrogen-bond acceptors (Lipinski definition) is 1. The molecule has 0 aromatic heterocycles. The van der Waals surface area contributed by atoms with E-state index in [2.05, 4.69) is 12.2 Å². The average molecular weight is 244 g/mol. The second kappa shape index (κ2) is 6.16. The smallest absolute Gasteiger partial charge is 0.0595 e. The number of nitrogens with two attached hydrogens (primary N) is 1. The van der Waals surface area contributed by atoms with Crippen LogP contribution in [0.3, 0.4) is 0 Å². The van der Waals surface area contributed by atoms with Crippen molar-refractivity contribution in [3.8, 4) is 0 Å². The Morgan fingerprint density at radius 3 is 2.60 bits per heavy atom. The summed E-state index contributed by atoms with van der Waals surface area (Å²) in [5, 5.41) is 1.20. The average Bonchev–Trinajstić information content (AvgIpc) is 2.18. The van der Waals surface area contributed by atoms with Crippen LogP contribution < -0.4 is 5.73 Å². The Labute approximate surface area is 101 Å². The van der Waals surface area contributed by atoms with Gasteiger partial charge in [0.1, 0.15) is 0 Å². The van der Waals surface area contributed by atoms with Gasteiger partial charge in [0, 0.05) is 6.04 Å². The van der Waals surface area contributed by atoms with E-state index in [1.54, 1.807) is 0 Å². The Morgan fingerprint density at radius 1 is 1.27 bits per heavy atom. The van der Waals surface area contributed by atoms with E-state index in [-0.39, 0.29) is 6.04 Å². The summed E-state index contributed by atoms with van der Waals surface area (Å²) >= 11 is 11.7. The second-order valence-electron chi connectivity index (χ2n) is 3.64. The minimum atomic E-state index is 0.218. The molecule has 82 valence electrons. The van der Waals surface area contributed by atoms with Crippen LogP contribution in [0.2, 0.25) is 10.0 Å². The molecule has 1 aromatic carbocycles. The van der Waals surface area contributed by atoms with E-state index in [1.165, 1.54) is 0 Å². The van der Waals surface area contributed by atoms with Crippen molar-refractivity contribution in [1.82, 2.24) is 0 Å². The van der Waals surface area contributed by atoms with Gasteiger partial charge in [0.05, 0.1) is 10.0 Å². The van der Waals surface area contributed by atoms with Gasteiger partial charge >= 0.3 is 0 Å². The molecule has 1 rings (SSSR count). The monoisotopic (exact) mass is 243 g/mol. The van der Waals surface area contributed by atoms with Gasteiger partial charge in [-0.25, -0.2) is 0 Å². The quantitative estimate of drug-likeness (QED) is 0.800. The van der Waals surface area contributed by atoms with Crippen molar-refractivity contribution in [2.45, 2.75) is 25.8 Å². The third kappa shape index (κ3) is 4.70. The summed E-state index contributed by atoms with van der Waals surface area (Å²) in [4.78, 5) is 0. The summed E-state index contributed by atoms with van der Waals surface area (Å²) in [5.41, 5.74) is 6.78. The van der Waals surface area contributed by atoms with Gasteiger partial charge in [-0.3, -0.25) is 0 Å². The van der Waals surface area contributed by atoms with Crippen LogP contribution in [0, 0.1) is 0 Å². The van der Waals surface area contributed by atoms with Crippen LogP contribution in [0.15, 0.2) is 30.4 Å².